The van der Waals surface area contributed by atoms with E-state index in [9.17, 15) is 0 Å². The Morgan fingerprint density at radius 3 is 2.90 bits per heavy atom. The van der Waals surface area contributed by atoms with Gasteiger partial charge in [-0.2, -0.15) is 0 Å². The Hall–Kier alpha value is -1.16. The Kier molecular flexibility index (Phi) is 4.16. The summed E-state index contributed by atoms with van der Waals surface area (Å²) in [5.41, 5.74) is 7.12. The number of anilines is 1. The molecule has 1 atom stereocenters. The van der Waals surface area contributed by atoms with Crippen molar-refractivity contribution in [1.29, 1.82) is 0 Å². The summed E-state index contributed by atoms with van der Waals surface area (Å²) in [5.74, 6) is 0. The first kappa shape index (κ1) is 14.8. The third-order valence-electron chi connectivity index (χ3n) is 2.80. The molecule has 112 valence electrons. The number of aromatic nitrogens is 4. The number of nitrogens with two attached hydrogens (primary N) is 1. The van der Waals surface area contributed by atoms with E-state index in [-0.39, 0.29) is 6.04 Å². The highest BCUT2D eigenvalue weighted by Gasteiger charge is 2.17. The molecule has 0 radical (unpaired) electrons. The average Bonchev–Trinajstić information content (AvgIpc) is 3.08. The average molecular weight is 341 g/mol. The lowest BCUT2D eigenvalue weighted by Crippen LogP contribution is -2.19. The fraction of sp³-hybridized carbons (Fsp3) is 0.417. The third kappa shape index (κ3) is 3.05. The van der Waals surface area contributed by atoms with Gasteiger partial charge in [-0.05, 0) is 18.7 Å². The molecule has 0 aromatic carbocycles. The SMILES string of the molecule is CC(N)Cc1c(Sc2nnc(N(C)C)s2)nc2sccn12. The lowest BCUT2D eigenvalue weighted by atomic mass is 10.2. The molecule has 2 N–H and O–H groups in total. The van der Waals surface area contributed by atoms with Crippen molar-refractivity contribution in [2.45, 2.75) is 28.8 Å². The second-order valence-corrected chi connectivity index (χ2v) is 8.01. The lowest BCUT2D eigenvalue weighted by molar-refractivity contribution is 0.706. The summed E-state index contributed by atoms with van der Waals surface area (Å²) in [4.78, 5) is 7.64. The highest BCUT2D eigenvalue weighted by atomic mass is 32.2. The summed E-state index contributed by atoms with van der Waals surface area (Å²) in [5, 5.41) is 12.3. The fourth-order valence-corrected chi connectivity index (χ4v) is 4.49. The van der Waals surface area contributed by atoms with Gasteiger partial charge in [0.25, 0.3) is 0 Å². The normalized spacial score (nSPS) is 13.0. The zero-order valence-corrected chi connectivity index (χ0v) is 14.4. The molecule has 0 amide bonds. The van der Waals surface area contributed by atoms with E-state index in [1.807, 2.05) is 37.5 Å². The topological polar surface area (TPSA) is 72.3 Å². The first-order valence-electron chi connectivity index (χ1n) is 6.43. The summed E-state index contributed by atoms with van der Waals surface area (Å²) in [6.07, 6.45) is 2.83. The summed E-state index contributed by atoms with van der Waals surface area (Å²) < 4.78 is 3.01. The minimum atomic E-state index is 0.0934. The standard InChI is InChI=1S/C12H16N6S3/c1-7(13)6-8-9(14-10-18(8)4-5-19-10)20-12-16-15-11(21-12)17(2)3/h4-5,7H,6,13H2,1-3H3. The van der Waals surface area contributed by atoms with E-state index in [2.05, 4.69) is 19.6 Å². The Morgan fingerprint density at radius 1 is 1.43 bits per heavy atom. The van der Waals surface area contributed by atoms with Crippen molar-refractivity contribution in [3.63, 3.8) is 0 Å². The lowest BCUT2D eigenvalue weighted by Gasteiger charge is -2.06. The molecule has 0 saturated carbocycles. The van der Waals surface area contributed by atoms with Crippen molar-refractivity contribution >= 4 is 44.5 Å². The first-order valence-corrected chi connectivity index (χ1v) is 8.94. The van der Waals surface area contributed by atoms with Crippen LogP contribution in [-0.2, 0) is 6.42 Å². The maximum atomic E-state index is 5.97. The van der Waals surface area contributed by atoms with Gasteiger partial charge in [-0.15, -0.1) is 21.5 Å². The monoisotopic (exact) mass is 340 g/mol. The van der Waals surface area contributed by atoms with Crippen molar-refractivity contribution in [3.05, 3.63) is 17.3 Å². The molecule has 0 bridgehead atoms. The summed E-state index contributed by atoms with van der Waals surface area (Å²) in [6.45, 7) is 2.01. The van der Waals surface area contributed by atoms with Crippen LogP contribution in [0.2, 0.25) is 0 Å². The summed E-state index contributed by atoms with van der Waals surface area (Å²) in [7, 11) is 3.92. The van der Waals surface area contributed by atoms with Crippen LogP contribution in [0.25, 0.3) is 4.96 Å². The van der Waals surface area contributed by atoms with Crippen LogP contribution in [0.15, 0.2) is 20.9 Å². The molecule has 3 rings (SSSR count). The molecular formula is C12H16N6S3. The molecule has 0 fully saturated rings. The summed E-state index contributed by atoms with van der Waals surface area (Å²) >= 11 is 4.75. The molecule has 0 aliphatic rings. The molecule has 0 aliphatic heterocycles. The molecule has 0 spiro atoms. The van der Waals surface area contributed by atoms with Gasteiger partial charge in [0.2, 0.25) is 5.13 Å². The van der Waals surface area contributed by atoms with Gasteiger partial charge in [0.15, 0.2) is 9.30 Å². The number of hydrogen-bond acceptors (Lipinski definition) is 8. The van der Waals surface area contributed by atoms with Gasteiger partial charge < -0.3 is 10.6 Å². The Balaban J connectivity index is 1.93. The van der Waals surface area contributed by atoms with Gasteiger partial charge >= 0.3 is 0 Å². The molecule has 3 aromatic rings. The molecule has 6 nitrogen and oxygen atoms in total. The molecule has 3 aromatic heterocycles. The maximum absolute atomic E-state index is 5.97. The van der Waals surface area contributed by atoms with E-state index in [4.69, 9.17) is 5.73 Å². The van der Waals surface area contributed by atoms with Gasteiger partial charge in [-0.25, -0.2) is 4.98 Å². The fourth-order valence-electron chi connectivity index (χ4n) is 1.89. The molecule has 9 heteroatoms. The molecule has 0 saturated heterocycles. The number of fused-ring (bicyclic) bond motifs is 1. The van der Waals surface area contributed by atoms with Gasteiger partial charge in [0.05, 0.1) is 5.69 Å². The van der Waals surface area contributed by atoms with Gasteiger partial charge in [0.1, 0.15) is 5.03 Å². The number of rotatable bonds is 5. The number of nitrogens with zero attached hydrogens (tertiary/aromatic N) is 5. The third-order valence-corrected chi connectivity index (χ3v) is 5.72. The van der Waals surface area contributed by atoms with E-state index < -0.39 is 0 Å². The highest BCUT2D eigenvalue weighted by molar-refractivity contribution is 8.01. The van der Waals surface area contributed by atoms with Crippen LogP contribution in [0, 0.1) is 0 Å². The predicted molar refractivity (Wildman–Crippen MR) is 88.8 cm³/mol. The van der Waals surface area contributed by atoms with Crippen LogP contribution in [0.4, 0.5) is 5.13 Å². The van der Waals surface area contributed by atoms with Crippen LogP contribution in [0.3, 0.4) is 0 Å². The minimum absolute atomic E-state index is 0.0934. The van der Waals surface area contributed by atoms with Crippen LogP contribution < -0.4 is 10.6 Å². The number of imidazole rings is 1. The van der Waals surface area contributed by atoms with Crippen LogP contribution in [-0.4, -0.2) is 39.7 Å². The quantitative estimate of drug-likeness (QED) is 0.769. The molecule has 1 unspecified atom stereocenters. The largest absolute Gasteiger partial charge is 0.353 e. The molecule has 0 aliphatic carbocycles. The zero-order valence-electron chi connectivity index (χ0n) is 12.0. The Labute approximate surface area is 135 Å². The zero-order chi connectivity index (χ0) is 15.0. The van der Waals surface area contributed by atoms with Crippen LogP contribution in [0.5, 0.6) is 0 Å². The smallest absolute Gasteiger partial charge is 0.208 e. The summed E-state index contributed by atoms with van der Waals surface area (Å²) in [6, 6.07) is 0.0934. The van der Waals surface area contributed by atoms with Crippen molar-refractivity contribution in [3.8, 4) is 0 Å². The first-order chi connectivity index (χ1) is 10.0. The second-order valence-electron chi connectivity index (χ2n) is 4.95. The predicted octanol–water partition coefficient (Wildman–Crippen LogP) is 2.35. The van der Waals surface area contributed by atoms with Crippen molar-refractivity contribution in [2.24, 2.45) is 5.73 Å². The van der Waals surface area contributed by atoms with Gasteiger partial charge in [0, 0.05) is 38.1 Å². The Morgan fingerprint density at radius 2 is 2.24 bits per heavy atom. The van der Waals surface area contributed by atoms with Crippen LogP contribution in [0.1, 0.15) is 12.6 Å². The highest BCUT2D eigenvalue weighted by Crippen LogP contribution is 2.35. The second kappa shape index (κ2) is 5.91. The number of hydrogen-bond donors (Lipinski definition) is 1. The van der Waals surface area contributed by atoms with E-state index in [0.29, 0.717) is 0 Å². The van der Waals surface area contributed by atoms with E-state index in [0.717, 1.165) is 31.6 Å². The van der Waals surface area contributed by atoms with Gasteiger partial charge in [-0.3, -0.25) is 4.40 Å². The van der Waals surface area contributed by atoms with Crippen molar-refractivity contribution < 1.29 is 0 Å². The van der Waals surface area contributed by atoms with Crippen molar-refractivity contribution in [2.75, 3.05) is 19.0 Å². The minimum Gasteiger partial charge on any atom is -0.353 e. The molecule has 3 heterocycles. The number of thiazole rings is 1. The molecular weight excluding hydrogens is 324 g/mol. The van der Waals surface area contributed by atoms with Gasteiger partial charge in [-0.1, -0.05) is 11.3 Å². The maximum Gasteiger partial charge on any atom is 0.208 e. The van der Waals surface area contributed by atoms with Crippen molar-refractivity contribution in [1.82, 2.24) is 19.6 Å². The molecule has 21 heavy (non-hydrogen) atoms. The van der Waals surface area contributed by atoms with E-state index in [1.165, 1.54) is 0 Å². The Bertz CT molecular complexity index is 741. The van der Waals surface area contributed by atoms with E-state index >= 15 is 0 Å². The van der Waals surface area contributed by atoms with E-state index in [1.54, 1.807) is 34.4 Å². The van der Waals surface area contributed by atoms with Crippen LogP contribution >= 0.6 is 34.4 Å².